The summed E-state index contributed by atoms with van der Waals surface area (Å²) in [5.74, 6) is 0. The fourth-order valence-electron chi connectivity index (χ4n) is 3.19. The number of benzene rings is 2. The van der Waals surface area contributed by atoms with Gasteiger partial charge in [-0.25, -0.2) is 0 Å². The molecule has 1 N–H and O–H groups in total. The summed E-state index contributed by atoms with van der Waals surface area (Å²) in [7, 11) is 0. The molecule has 3 aromatic rings. The average molecular weight is 276 g/mol. The number of rotatable bonds is 1. The maximum Gasteiger partial charge on any atom is 0.258 e. The normalized spacial score (nSPS) is 14.1. The zero-order valence-electron chi connectivity index (χ0n) is 11.7. The van der Waals surface area contributed by atoms with Gasteiger partial charge >= 0.3 is 0 Å². The predicted molar refractivity (Wildman–Crippen MR) is 85.4 cm³/mol. The first kappa shape index (κ1) is 12.4. The molecule has 3 nitrogen and oxygen atoms in total. The third kappa shape index (κ3) is 1.89. The first-order valence-electron chi connectivity index (χ1n) is 7.27. The predicted octanol–water partition coefficient (Wildman–Crippen LogP) is 2.77. The highest BCUT2D eigenvalue weighted by Gasteiger charge is 2.19. The van der Waals surface area contributed by atoms with Gasteiger partial charge in [0.05, 0.1) is 0 Å². The number of hydrogen-bond acceptors (Lipinski definition) is 2. The van der Waals surface area contributed by atoms with E-state index in [1.807, 2.05) is 41.0 Å². The van der Waals surface area contributed by atoms with Crippen LogP contribution in [0.25, 0.3) is 21.9 Å². The number of aromatic nitrogens is 1. The second-order valence-electron chi connectivity index (χ2n) is 5.37. The summed E-state index contributed by atoms with van der Waals surface area (Å²) in [6.45, 7) is 2.32. The molecule has 0 spiro atoms. The van der Waals surface area contributed by atoms with Crippen LogP contribution in [0.1, 0.15) is 5.69 Å². The van der Waals surface area contributed by atoms with Crippen LogP contribution in [-0.2, 0) is 13.1 Å². The van der Waals surface area contributed by atoms with Crippen molar-refractivity contribution in [2.45, 2.75) is 13.1 Å². The summed E-state index contributed by atoms with van der Waals surface area (Å²) in [4.78, 5) is 12.7. The van der Waals surface area contributed by atoms with Crippen molar-refractivity contribution < 1.29 is 0 Å². The van der Waals surface area contributed by atoms with E-state index in [0.717, 1.165) is 36.1 Å². The molecule has 0 atom stereocenters. The summed E-state index contributed by atoms with van der Waals surface area (Å²) in [6.07, 6.45) is 0. The highest BCUT2D eigenvalue weighted by molar-refractivity contribution is 5.97. The molecule has 0 radical (unpaired) electrons. The highest BCUT2D eigenvalue weighted by atomic mass is 16.1. The largest absolute Gasteiger partial charge is 0.309 e. The monoisotopic (exact) mass is 276 g/mol. The lowest BCUT2D eigenvalue weighted by Crippen LogP contribution is -2.36. The van der Waals surface area contributed by atoms with Crippen molar-refractivity contribution in [3.05, 3.63) is 70.6 Å². The van der Waals surface area contributed by atoms with Crippen LogP contribution in [0.5, 0.6) is 0 Å². The molecule has 2 aromatic carbocycles. The van der Waals surface area contributed by atoms with Gasteiger partial charge in [0, 0.05) is 36.3 Å². The molecule has 0 fully saturated rings. The van der Waals surface area contributed by atoms with Gasteiger partial charge in [-0.2, -0.15) is 0 Å². The smallest absolute Gasteiger partial charge is 0.258 e. The summed E-state index contributed by atoms with van der Waals surface area (Å²) < 4.78 is 1.93. The van der Waals surface area contributed by atoms with E-state index in [-0.39, 0.29) is 5.56 Å². The molecule has 0 bridgehead atoms. The van der Waals surface area contributed by atoms with Crippen LogP contribution in [0.15, 0.2) is 59.4 Å². The van der Waals surface area contributed by atoms with Gasteiger partial charge in [0.2, 0.25) is 0 Å². The Morgan fingerprint density at radius 1 is 0.905 bits per heavy atom. The molecule has 104 valence electrons. The molecule has 0 saturated carbocycles. The molecule has 1 aromatic heterocycles. The topological polar surface area (TPSA) is 34.0 Å². The van der Waals surface area contributed by atoms with Crippen LogP contribution in [-0.4, -0.2) is 11.1 Å². The maximum absolute atomic E-state index is 12.7. The zero-order valence-corrected chi connectivity index (χ0v) is 11.7. The van der Waals surface area contributed by atoms with Crippen molar-refractivity contribution in [1.82, 2.24) is 9.88 Å². The SMILES string of the molecule is O=c1c2ccccc2c(-c2ccccc2)c2n1CCNC2. The van der Waals surface area contributed by atoms with E-state index >= 15 is 0 Å². The quantitative estimate of drug-likeness (QED) is 0.741. The molecule has 3 heteroatoms. The molecular weight excluding hydrogens is 260 g/mol. The van der Waals surface area contributed by atoms with E-state index in [1.54, 1.807) is 0 Å². The van der Waals surface area contributed by atoms with Crippen molar-refractivity contribution in [2.75, 3.05) is 6.54 Å². The fraction of sp³-hybridized carbons (Fsp3) is 0.167. The number of nitrogens with one attached hydrogen (secondary N) is 1. The first-order chi connectivity index (χ1) is 10.4. The fourth-order valence-corrected chi connectivity index (χ4v) is 3.19. The van der Waals surface area contributed by atoms with Gasteiger partial charge in [-0.1, -0.05) is 48.5 Å². The minimum absolute atomic E-state index is 0.127. The van der Waals surface area contributed by atoms with E-state index in [2.05, 4.69) is 23.5 Å². The van der Waals surface area contributed by atoms with Gasteiger partial charge in [0.1, 0.15) is 0 Å². The summed E-state index contributed by atoms with van der Waals surface area (Å²) in [5.41, 5.74) is 3.57. The number of fused-ring (bicyclic) bond motifs is 2. The zero-order chi connectivity index (χ0) is 14.2. The van der Waals surface area contributed by atoms with Crippen LogP contribution < -0.4 is 10.9 Å². The van der Waals surface area contributed by atoms with Crippen molar-refractivity contribution in [2.24, 2.45) is 0 Å². The second-order valence-corrected chi connectivity index (χ2v) is 5.37. The van der Waals surface area contributed by atoms with Gasteiger partial charge in [-0.3, -0.25) is 4.79 Å². The molecule has 2 heterocycles. The van der Waals surface area contributed by atoms with E-state index in [4.69, 9.17) is 0 Å². The second kappa shape index (κ2) is 4.86. The summed E-state index contributed by atoms with van der Waals surface area (Å²) >= 11 is 0. The van der Waals surface area contributed by atoms with Crippen LogP contribution >= 0.6 is 0 Å². The van der Waals surface area contributed by atoms with Crippen LogP contribution in [0, 0.1) is 0 Å². The summed E-state index contributed by atoms with van der Waals surface area (Å²) in [5, 5.41) is 5.24. The van der Waals surface area contributed by atoms with Crippen molar-refractivity contribution in [3.8, 4) is 11.1 Å². The van der Waals surface area contributed by atoms with Gasteiger partial charge in [0.25, 0.3) is 5.56 Å². The van der Waals surface area contributed by atoms with Gasteiger partial charge in [-0.05, 0) is 17.0 Å². The molecular formula is C18H16N2O. The molecule has 21 heavy (non-hydrogen) atoms. The van der Waals surface area contributed by atoms with Crippen LogP contribution in [0.3, 0.4) is 0 Å². The van der Waals surface area contributed by atoms with E-state index in [1.165, 1.54) is 11.1 Å². The molecule has 4 rings (SSSR count). The average Bonchev–Trinajstić information content (AvgIpc) is 2.56. The number of hydrogen-bond donors (Lipinski definition) is 1. The molecule has 0 amide bonds. The number of nitrogens with zero attached hydrogens (tertiary/aromatic N) is 1. The standard InChI is InChI=1S/C18H16N2O/c21-18-15-9-5-4-8-14(15)17(13-6-2-1-3-7-13)16-12-19-10-11-20(16)18/h1-9,19H,10-12H2. The number of pyridine rings is 1. The van der Waals surface area contributed by atoms with Crippen molar-refractivity contribution >= 4 is 10.8 Å². The van der Waals surface area contributed by atoms with Crippen LogP contribution in [0.2, 0.25) is 0 Å². The van der Waals surface area contributed by atoms with Gasteiger partial charge < -0.3 is 9.88 Å². The Labute approximate surface area is 122 Å². The Morgan fingerprint density at radius 2 is 1.62 bits per heavy atom. The lowest BCUT2D eigenvalue weighted by atomic mass is 9.96. The third-order valence-electron chi connectivity index (χ3n) is 4.15. The lowest BCUT2D eigenvalue weighted by Gasteiger charge is -2.24. The van der Waals surface area contributed by atoms with E-state index < -0.39 is 0 Å². The highest BCUT2D eigenvalue weighted by Crippen LogP contribution is 2.31. The molecule has 0 unspecified atom stereocenters. The Hall–Kier alpha value is -2.39. The van der Waals surface area contributed by atoms with E-state index in [0.29, 0.717) is 0 Å². The minimum Gasteiger partial charge on any atom is -0.309 e. The molecule has 1 aliphatic heterocycles. The lowest BCUT2D eigenvalue weighted by molar-refractivity contribution is 0.503. The Balaban J connectivity index is 2.18. The Morgan fingerprint density at radius 3 is 2.43 bits per heavy atom. The van der Waals surface area contributed by atoms with Gasteiger partial charge in [-0.15, -0.1) is 0 Å². The molecule has 0 aliphatic carbocycles. The van der Waals surface area contributed by atoms with Crippen LogP contribution in [0.4, 0.5) is 0 Å². The van der Waals surface area contributed by atoms with Crippen molar-refractivity contribution in [1.29, 1.82) is 0 Å². The molecule has 1 aliphatic rings. The molecule has 0 saturated heterocycles. The Bertz CT molecular complexity index is 866. The Kier molecular flexibility index (Phi) is 2.86. The van der Waals surface area contributed by atoms with E-state index in [9.17, 15) is 4.79 Å². The van der Waals surface area contributed by atoms with Crippen molar-refractivity contribution in [3.63, 3.8) is 0 Å². The summed E-state index contributed by atoms with van der Waals surface area (Å²) in [6, 6.07) is 18.3. The van der Waals surface area contributed by atoms with Gasteiger partial charge in [0.15, 0.2) is 0 Å². The third-order valence-corrected chi connectivity index (χ3v) is 4.15. The minimum atomic E-state index is 0.127. The first-order valence-corrected chi connectivity index (χ1v) is 7.27. The maximum atomic E-state index is 12.7.